The Morgan fingerprint density at radius 3 is 2.18 bits per heavy atom. The van der Waals surface area contributed by atoms with Crippen molar-refractivity contribution in [3.05, 3.63) is 65.9 Å². The molecular formula is C20H22N2. The first-order valence-electron chi connectivity index (χ1n) is 7.80. The Morgan fingerprint density at radius 2 is 1.55 bits per heavy atom. The first kappa shape index (κ1) is 14.6. The number of hydrogen-bond donors (Lipinski definition) is 0. The molecule has 0 N–H and O–H groups in total. The molecule has 0 spiro atoms. The van der Waals surface area contributed by atoms with Gasteiger partial charge in [0.25, 0.3) is 0 Å². The van der Waals surface area contributed by atoms with Crippen molar-refractivity contribution in [3.63, 3.8) is 0 Å². The van der Waals surface area contributed by atoms with Gasteiger partial charge in [-0.2, -0.15) is 0 Å². The van der Waals surface area contributed by atoms with Gasteiger partial charge in [0.1, 0.15) is 0 Å². The molecule has 0 saturated heterocycles. The predicted molar refractivity (Wildman–Crippen MR) is 95.3 cm³/mol. The zero-order valence-electron chi connectivity index (χ0n) is 13.7. The lowest BCUT2D eigenvalue weighted by Gasteiger charge is -2.35. The molecule has 0 aromatic heterocycles. The summed E-state index contributed by atoms with van der Waals surface area (Å²) in [6.45, 7) is 8.74. The molecule has 1 heterocycles. The van der Waals surface area contributed by atoms with Crippen LogP contribution in [0, 0.1) is 5.92 Å². The average molecular weight is 290 g/mol. The summed E-state index contributed by atoms with van der Waals surface area (Å²) in [4.78, 5) is 7.28. The van der Waals surface area contributed by atoms with Crippen molar-refractivity contribution in [3.8, 4) is 0 Å². The van der Waals surface area contributed by atoms with E-state index in [1.54, 1.807) is 0 Å². The number of para-hydroxylation sites is 3. The van der Waals surface area contributed by atoms with Crippen LogP contribution in [-0.4, -0.2) is 5.71 Å². The van der Waals surface area contributed by atoms with Crippen LogP contribution in [0.5, 0.6) is 0 Å². The molecule has 0 bridgehead atoms. The van der Waals surface area contributed by atoms with Gasteiger partial charge < -0.3 is 4.90 Å². The van der Waals surface area contributed by atoms with E-state index < -0.39 is 0 Å². The van der Waals surface area contributed by atoms with E-state index >= 15 is 0 Å². The minimum Gasteiger partial charge on any atom is -0.307 e. The Labute approximate surface area is 132 Å². The number of allylic oxidation sites excluding steroid dienone is 2. The summed E-state index contributed by atoms with van der Waals surface area (Å²) < 4.78 is 0. The van der Waals surface area contributed by atoms with E-state index in [0.29, 0.717) is 5.92 Å². The molecule has 0 atom stereocenters. The zero-order chi connectivity index (χ0) is 15.7. The smallest absolute Gasteiger partial charge is 0.0874 e. The van der Waals surface area contributed by atoms with E-state index in [4.69, 9.17) is 4.99 Å². The topological polar surface area (TPSA) is 15.6 Å². The van der Waals surface area contributed by atoms with Gasteiger partial charge in [-0.05, 0) is 44.0 Å². The highest BCUT2D eigenvalue weighted by Crippen LogP contribution is 2.42. The van der Waals surface area contributed by atoms with Crippen molar-refractivity contribution >= 4 is 22.8 Å². The molecule has 1 aliphatic heterocycles. The lowest BCUT2D eigenvalue weighted by Crippen LogP contribution is -2.29. The van der Waals surface area contributed by atoms with Crippen LogP contribution in [0.1, 0.15) is 27.7 Å². The third-order valence-corrected chi connectivity index (χ3v) is 3.86. The highest BCUT2D eigenvalue weighted by atomic mass is 15.2. The van der Waals surface area contributed by atoms with Crippen molar-refractivity contribution in [2.24, 2.45) is 10.9 Å². The number of anilines is 2. The quantitative estimate of drug-likeness (QED) is 0.676. The third kappa shape index (κ3) is 2.45. The van der Waals surface area contributed by atoms with Gasteiger partial charge in [0, 0.05) is 5.69 Å². The molecule has 1 aliphatic rings. The fraction of sp³-hybridized carbons (Fsp3) is 0.250. The molecule has 2 aromatic carbocycles. The van der Waals surface area contributed by atoms with Crippen molar-refractivity contribution in [1.82, 2.24) is 0 Å². The minimum absolute atomic E-state index is 0.379. The van der Waals surface area contributed by atoms with E-state index in [-0.39, 0.29) is 0 Å². The van der Waals surface area contributed by atoms with E-state index in [1.165, 1.54) is 17.0 Å². The Morgan fingerprint density at radius 1 is 0.909 bits per heavy atom. The summed E-state index contributed by atoms with van der Waals surface area (Å²) in [5, 5.41) is 0. The van der Waals surface area contributed by atoms with Crippen LogP contribution in [0.15, 0.2) is 70.9 Å². The molecule has 22 heavy (non-hydrogen) atoms. The summed E-state index contributed by atoms with van der Waals surface area (Å²) in [6.07, 6.45) is 0. The summed E-state index contributed by atoms with van der Waals surface area (Å²) in [5.41, 5.74) is 7.03. The SMILES string of the molecule is CC(C)=C1C(C(C)C)=Nc2ccccc2N1c1ccccc1. The van der Waals surface area contributed by atoms with Gasteiger partial charge in [0.15, 0.2) is 0 Å². The normalized spacial score (nSPS) is 14.0. The number of aliphatic imine (C=N–C) groups is 1. The largest absolute Gasteiger partial charge is 0.307 e. The summed E-state index contributed by atoms with van der Waals surface area (Å²) in [6, 6.07) is 18.9. The van der Waals surface area contributed by atoms with E-state index in [2.05, 4.69) is 87.2 Å². The van der Waals surface area contributed by atoms with E-state index in [9.17, 15) is 0 Å². The van der Waals surface area contributed by atoms with Crippen LogP contribution in [0.25, 0.3) is 0 Å². The number of benzene rings is 2. The first-order valence-corrected chi connectivity index (χ1v) is 7.80. The molecule has 0 fully saturated rings. The van der Waals surface area contributed by atoms with Crippen LogP contribution in [0.4, 0.5) is 17.1 Å². The third-order valence-electron chi connectivity index (χ3n) is 3.86. The van der Waals surface area contributed by atoms with Gasteiger partial charge in [-0.1, -0.05) is 49.8 Å². The number of rotatable bonds is 2. The molecule has 3 rings (SSSR count). The van der Waals surface area contributed by atoms with Gasteiger partial charge in [-0.3, -0.25) is 0 Å². The average Bonchev–Trinajstić information content (AvgIpc) is 2.53. The standard InChI is InChI=1S/C20H22N2/c1-14(2)19-20(15(3)4)22(16-10-6-5-7-11-16)18-13-9-8-12-17(18)21-19/h5-14H,1-4H3. The molecule has 2 nitrogen and oxygen atoms in total. The second-order valence-electron chi connectivity index (χ2n) is 6.16. The fourth-order valence-electron chi connectivity index (χ4n) is 2.89. The molecule has 0 radical (unpaired) electrons. The lowest BCUT2D eigenvalue weighted by molar-refractivity contribution is 0.870. The Balaban J connectivity index is 2.30. The van der Waals surface area contributed by atoms with Crippen molar-refractivity contribution in [2.75, 3.05) is 4.90 Å². The van der Waals surface area contributed by atoms with Gasteiger partial charge in [0.05, 0.1) is 22.8 Å². The van der Waals surface area contributed by atoms with Crippen molar-refractivity contribution in [2.45, 2.75) is 27.7 Å². The number of fused-ring (bicyclic) bond motifs is 1. The highest BCUT2D eigenvalue weighted by molar-refractivity contribution is 6.11. The first-order chi connectivity index (χ1) is 10.6. The van der Waals surface area contributed by atoms with Crippen LogP contribution in [0.3, 0.4) is 0 Å². The molecule has 2 aromatic rings. The lowest BCUT2D eigenvalue weighted by atomic mass is 9.97. The molecule has 0 amide bonds. The maximum Gasteiger partial charge on any atom is 0.0874 e. The summed E-state index contributed by atoms with van der Waals surface area (Å²) in [5.74, 6) is 0.379. The molecule has 2 heteroatoms. The Hall–Kier alpha value is -2.35. The summed E-state index contributed by atoms with van der Waals surface area (Å²) >= 11 is 0. The Bertz CT molecular complexity index is 735. The number of hydrogen-bond acceptors (Lipinski definition) is 2. The van der Waals surface area contributed by atoms with Gasteiger partial charge in [-0.25, -0.2) is 4.99 Å². The van der Waals surface area contributed by atoms with Gasteiger partial charge in [-0.15, -0.1) is 0 Å². The van der Waals surface area contributed by atoms with E-state index in [1.807, 2.05) is 0 Å². The van der Waals surface area contributed by atoms with Crippen LogP contribution < -0.4 is 4.90 Å². The number of nitrogens with zero attached hydrogens (tertiary/aromatic N) is 2. The van der Waals surface area contributed by atoms with Crippen molar-refractivity contribution in [1.29, 1.82) is 0 Å². The van der Waals surface area contributed by atoms with Gasteiger partial charge >= 0.3 is 0 Å². The van der Waals surface area contributed by atoms with Crippen LogP contribution >= 0.6 is 0 Å². The van der Waals surface area contributed by atoms with Crippen LogP contribution in [0.2, 0.25) is 0 Å². The second-order valence-corrected chi connectivity index (χ2v) is 6.16. The zero-order valence-corrected chi connectivity index (χ0v) is 13.7. The molecule has 0 unspecified atom stereocenters. The van der Waals surface area contributed by atoms with Crippen molar-refractivity contribution < 1.29 is 0 Å². The maximum atomic E-state index is 4.94. The molecule has 0 saturated carbocycles. The van der Waals surface area contributed by atoms with Gasteiger partial charge in [0.2, 0.25) is 0 Å². The van der Waals surface area contributed by atoms with E-state index in [0.717, 1.165) is 17.1 Å². The summed E-state index contributed by atoms with van der Waals surface area (Å²) in [7, 11) is 0. The second kappa shape index (κ2) is 5.80. The predicted octanol–water partition coefficient (Wildman–Crippen LogP) is 5.86. The minimum atomic E-state index is 0.379. The van der Waals surface area contributed by atoms with Crippen LogP contribution in [-0.2, 0) is 0 Å². The molecule has 112 valence electrons. The maximum absolute atomic E-state index is 4.94. The fourth-order valence-corrected chi connectivity index (χ4v) is 2.89. The monoisotopic (exact) mass is 290 g/mol. The molecular weight excluding hydrogens is 268 g/mol. The highest BCUT2D eigenvalue weighted by Gasteiger charge is 2.28. The Kier molecular flexibility index (Phi) is 3.84. The molecule has 0 aliphatic carbocycles.